The zero-order valence-corrected chi connectivity index (χ0v) is 17.0. The Labute approximate surface area is 172 Å². The van der Waals surface area contributed by atoms with E-state index in [0.717, 1.165) is 36.2 Å². The Morgan fingerprint density at radius 3 is 2.62 bits per heavy atom. The molecule has 0 aliphatic rings. The van der Waals surface area contributed by atoms with E-state index in [-0.39, 0.29) is 23.4 Å². The first-order valence-electron chi connectivity index (χ1n) is 9.38. The van der Waals surface area contributed by atoms with Gasteiger partial charge in [-0.2, -0.15) is 0 Å². The molecule has 2 aromatic carbocycles. The van der Waals surface area contributed by atoms with Crippen molar-refractivity contribution in [2.45, 2.75) is 37.9 Å². The van der Waals surface area contributed by atoms with Crippen molar-refractivity contribution in [3.8, 4) is 17.1 Å². The van der Waals surface area contributed by atoms with Crippen LogP contribution in [0.3, 0.4) is 0 Å². The molecule has 0 aliphatic heterocycles. The van der Waals surface area contributed by atoms with Gasteiger partial charge in [-0.25, -0.2) is 8.78 Å². The minimum Gasteiger partial charge on any atom is -0.353 e. The maximum absolute atomic E-state index is 14.5. The number of halogens is 2. The van der Waals surface area contributed by atoms with E-state index in [2.05, 4.69) is 22.4 Å². The number of aromatic nitrogens is 3. The monoisotopic (exact) mass is 416 g/mol. The maximum atomic E-state index is 14.5. The van der Waals surface area contributed by atoms with E-state index < -0.39 is 11.6 Å². The standard InChI is InChI=1S/C21H22F2N4OS/c1-3-7-14(2)24-19(28)13-29-21-26-25-20(15-8-5-4-6-9-15)27(21)18-11-10-16(22)12-17(18)23/h4-6,8-12,14H,3,7,13H2,1-2H3,(H,24,28)/t14-/m1/s1. The average molecular weight is 416 g/mol. The molecule has 1 amide bonds. The largest absolute Gasteiger partial charge is 0.353 e. The van der Waals surface area contributed by atoms with Crippen LogP contribution in [0.2, 0.25) is 0 Å². The zero-order chi connectivity index (χ0) is 20.8. The third kappa shape index (κ3) is 5.20. The van der Waals surface area contributed by atoms with Gasteiger partial charge in [-0.1, -0.05) is 55.4 Å². The lowest BCUT2D eigenvalue weighted by molar-refractivity contribution is -0.119. The summed E-state index contributed by atoms with van der Waals surface area (Å²) in [6.45, 7) is 4.01. The number of nitrogens with zero attached hydrogens (tertiary/aromatic N) is 3. The normalized spacial score (nSPS) is 12.0. The highest BCUT2D eigenvalue weighted by molar-refractivity contribution is 7.99. The lowest BCUT2D eigenvalue weighted by atomic mass is 10.2. The molecule has 29 heavy (non-hydrogen) atoms. The fourth-order valence-electron chi connectivity index (χ4n) is 2.97. The molecule has 3 aromatic rings. The molecule has 1 N–H and O–H groups in total. The van der Waals surface area contributed by atoms with Gasteiger partial charge in [0.25, 0.3) is 0 Å². The number of carbonyl (C=O) groups excluding carboxylic acids is 1. The van der Waals surface area contributed by atoms with E-state index in [1.807, 2.05) is 37.3 Å². The number of benzene rings is 2. The van der Waals surface area contributed by atoms with Crippen LogP contribution in [0.25, 0.3) is 17.1 Å². The predicted molar refractivity (Wildman–Crippen MR) is 110 cm³/mol. The van der Waals surface area contributed by atoms with Crippen molar-refractivity contribution < 1.29 is 13.6 Å². The first-order valence-corrected chi connectivity index (χ1v) is 10.4. The lowest BCUT2D eigenvalue weighted by Gasteiger charge is -2.13. The molecule has 0 bridgehead atoms. The first-order chi connectivity index (χ1) is 14.0. The summed E-state index contributed by atoms with van der Waals surface area (Å²) in [6.07, 6.45) is 1.87. The number of amides is 1. The van der Waals surface area contributed by atoms with Crippen molar-refractivity contribution >= 4 is 17.7 Å². The molecule has 1 atom stereocenters. The highest BCUT2D eigenvalue weighted by Crippen LogP contribution is 2.29. The Balaban J connectivity index is 1.91. The van der Waals surface area contributed by atoms with Gasteiger partial charge in [-0.15, -0.1) is 10.2 Å². The van der Waals surface area contributed by atoms with Crippen molar-refractivity contribution in [3.05, 3.63) is 60.2 Å². The third-order valence-electron chi connectivity index (χ3n) is 4.28. The minimum atomic E-state index is -0.732. The summed E-state index contributed by atoms with van der Waals surface area (Å²) in [5.74, 6) is -1.00. The number of hydrogen-bond acceptors (Lipinski definition) is 4. The molecule has 8 heteroatoms. The summed E-state index contributed by atoms with van der Waals surface area (Å²) in [5.41, 5.74) is 0.856. The number of hydrogen-bond donors (Lipinski definition) is 1. The van der Waals surface area contributed by atoms with Gasteiger partial charge in [-0.05, 0) is 25.5 Å². The van der Waals surface area contributed by atoms with Gasteiger partial charge >= 0.3 is 0 Å². The Bertz CT molecular complexity index is 978. The molecule has 1 aromatic heterocycles. The van der Waals surface area contributed by atoms with Gasteiger partial charge in [0, 0.05) is 17.7 Å². The van der Waals surface area contributed by atoms with E-state index in [9.17, 15) is 13.6 Å². The molecule has 1 heterocycles. The summed E-state index contributed by atoms with van der Waals surface area (Å²) in [4.78, 5) is 12.2. The summed E-state index contributed by atoms with van der Waals surface area (Å²) in [5, 5.41) is 11.6. The van der Waals surface area contributed by atoms with Crippen LogP contribution in [0.15, 0.2) is 53.7 Å². The Kier molecular flexibility index (Phi) is 6.98. The summed E-state index contributed by atoms with van der Waals surface area (Å²) in [7, 11) is 0. The molecule has 0 spiro atoms. The molecule has 0 unspecified atom stereocenters. The number of rotatable bonds is 8. The third-order valence-corrected chi connectivity index (χ3v) is 5.21. The second-order valence-corrected chi connectivity index (χ2v) is 7.59. The van der Waals surface area contributed by atoms with Gasteiger partial charge in [0.15, 0.2) is 11.0 Å². The topological polar surface area (TPSA) is 59.8 Å². The van der Waals surface area contributed by atoms with Gasteiger partial charge < -0.3 is 5.32 Å². The summed E-state index contributed by atoms with van der Waals surface area (Å²) >= 11 is 1.16. The summed E-state index contributed by atoms with van der Waals surface area (Å²) in [6, 6.07) is 12.6. The fraction of sp³-hybridized carbons (Fsp3) is 0.286. The molecule has 0 saturated heterocycles. The minimum absolute atomic E-state index is 0.0837. The number of carbonyl (C=O) groups is 1. The van der Waals surface area contributed by atoms with Gasteiger partial charge in [-0.3, -0.25) is 9.36 Å². The van der Waals surface area contributed by atoms with Crippen molar-refractivity contribution in [2.24, 2.45) is 0 Å². The SMILES string of the molecule is CCC[C@@H](C)NC(=O)CSc1nnc(-c2ccccc2)n1-c1ccc(F)cc1F. The van der Waals surface area contributed by atoms with Crippen LogP contribution in [-0.4, -0.2) is 32.5 Å². The molecular formula is C21H22F2N4OS. The van der Waals surface area contributed by atoms with Crippen molar-refractivity contribution in [1.29, 1.82) is 0 Å². The second kappa shape index (κ2) is 9.65. The molecule has 3 rings (SSSR count). The van der Waals surface area contributed by atoms with E-state index in [1.165, 1.54) is 16.7 Å². The fourth-order valence-corrected chi connectivity index (χ4v) is 3.73. The van der Waals surface area contributed by atoms with Crippen LogP contribution >= 0.6 is 11.8 Å². The Morgan fingerprint density at radius 2 is 1.93 bits per heavy atom. The van der Waals surface area contributed by atoms with E-state index >= 15 is 0 Å². The maximum Gasteiger partial charge on any atom is 0.230 e. The van der Waals surface area contributed by atoms with Crippen molar-refractivity contribution in [2.75, 3.05) is 5.75 Å². The van der Waals surface area contributed by atoms with Crippen LogP contribution < -0.4 is 5.32 Å². The van der Waals surface area contributed by atoms with E-state index in [4.69, 9.17) is 0 Å². The second-order valence-electron chi connectivity index (χ2n) is 6.65. The van der Waals surface area contributed by atoms with Crippen molar-refractivity contribution in [3.63, 3.8) is 0 Å². The highest BCUT2D eigenvalue weighted by Gasteiger charge is 2.20. The van der Waals surface area contributed by atoms with Gasteiger partial charge in [0.2, 0.25) is 5.91 Å². The Morgan fingerprint density at radius 1 is 1.17 bits per heavy atom. The van der Waals surface area contributed by atoms with Crippen molar-refractivity contribution in [1.82, 2.24) is 20.1 Å². The van der Waals surface area contributed by atoms with Crippen LogP contribution in [0.5, 0.6) is 0 Å². The molecule has 0 aliphatic carbocycles. The smallest absolute Gasteiger partial charge is 0.230 e. The van der Waals surface area contributed by atoms with Crippen LogP contribution in [-0.2, 0) is 4.79 Å². The Hall–Kier alpha value is -2.74. The van der Waals surface area contributed by atoms with Crippen LogP contribution in [0.1, 0.15) is 26.7 Å². The average Bonchev–Trinajstić information content (AvgIpc) is 3.11. The molecule has 5 nitrogen and oxygen atoms in total. The molecule has 0 radical (unpaired) electrons. The van der Waals surface area contributed by atoms with Crippen LogP contribution in [0.4, 0.5) is 8.78 Å². The quantitative estimate of drug-likeness (QED) is 0.545. The number of nitrogens with one attached hydrogen (secondary N) is 1. The molecule has 152 valence electrons. The van der Waals surface area contributed by atoms with E-state index in [1.54, 1.807) is 0 Å². The number of thioether (sulfide) groups is 1. The van der Waals surface area contributed by atoms with Gasteiger partial charge in [0.05, 0.1) is 11.4 Å². The lowest BCUT2D eigenvalue weighted by Crippen LogP contribution is -2.33. The molecule has 0 fully saturated rings. The predicted octanol–water partition coefficient (Wildman–Crippen LogP) is 4.61. The van der Waals surface area contributed by atoms with Crippen LogP contribution in [0, 0.1) is 11.6 Å². The van der Waals surface area contributed by atoms with E-state index in [0.29, 0.717) is 11.0 Å². The van der Waals surface area contributed by atoms with Gasteiger partial charge in [0.1, 0.15) is 11.6 Å². The first kappa shape index (κ1) is 21.0. The zero-order valence-electron chi connectivity index (χ0n) is 16.2. The molecular weight excluding hydrogens is 394 g/mol. The highest BCUT2D eigenvalue weighted by atomic mass is 32.2. The molecule has 0 saturated carbocycles. The summed E-state index contributed by atoms with van der Waals surface area (Å²) < 4.78 is 29.5.